The van der Waals surface area contributed by atoms with Gasteiger partial charge in [-0.1, -0.05) is 35.9 Å². The van der Waals surface area contributed by atoms with Crippen LogP contribution in [-0.4, -0.2) is 17.9 Å². The van der Waals surface area contributed by atoms with Gasteiger partial charge in [-0.2, -0.15) is 0 Å². The molecular formula is C19H16BrClN2O2. The van der Waals surface area contributed by atoms with E-state index in [-0.39, 0.29) is 29.3 Å². The summed E-state index contributed by atoms with van der Waals surface area (Å²) in [4.78, 5) is 16.8. The minimum absolute atomic E-state index is 0. The van der Waals surface area contributed by atoms with Crippen LogP contribution in [0.2, 0.25) is 5.02 Å². The van der Waals surface area contributed by atoms with Gasteiger partial charge in [-0.25, -0.2) is 4.57 Å². The minimum atomic E-state index is -0.0373. The summed E-state index contributed by atoms with van der Waals surface area (Å²) in [6.45, 7) is 0.191. The number of para-hydroxylation sites is 1. The van der Waals surface area contributed by atoms with Crippen LogP contribution in [0.5, 0.6) is 5.75 Å². The number of ether oxygens (including phenoxy) is 1. The third kappa shape index (κ3) is 4.44. The first kappa shape index (κ1) is 19.1. The average Bonchev–Trinajstić information content (AvgIpc) is 2.63. The Morgan fingerprint density at radius 1 is 1.12 bits per heavy atom. The second-order valence-corrected chi connectivity index (χ2v) is 5.63. The van der Waals surface area contributed by atoms with Crippen molar-refractivity contribution in [1.82, 2.24) is 4.98 Å². The second-order valence-electron chi connectivity index (χ2n) is 5.22. The number of carbonyl (C=O) groups is 1. The van der Waals surface area contributed by atoms with Gasteiger partial charge < -0.3 is 21.7 Å². The zero-order valence-electron chi connectivity index (χ0n) is 13.5. The molecule has 0 saturated carbocycles. The van der Waals surface area contributed by atoms with E-state index in [1.165, 1.54) is 0 Å². The van der Waals surface area contributed by atoms with Crippen molar-refractivity contribution in [2.24, 2.45) is 0 Å². The Kier molecular flexibility index (Phi) is 6.67. The van der Waals surface area contributed by atoms with E-state index in [0.717, 1.165) is 11.3 Å². The maximum atomic E-state index is 12.5. The fourth-order valence-electron chi connectivity index (χ4n) is 2.43. The van der Waals surface area contributed by atoms with Crippen LogP contribution in [0.15, 0.2) is 67.1 Å². The molecule has 0 spiro atoms. The van der Waals surface area contributed by atoms with Crippen molar-refractivity contribution in [3.8, 4) is 17.0 Å². The lowest BCUT2D eigenvalue weighted by Crippen LogP contribution is -3.00. The maximum absolute atomic E-state index is 12.5. The molecule has 1 heterocycles. The maximum Gasteiger partial charge on any atom is 0.287 e. The van der Waals surface area contributed by atoms with E-state index in [1.807, 2.05) is 48.7 Å². The lowest BCUT2D eigenvalue weighted by Gasteiger charge is -2.06. The van der Waals surface area contributed by atoms with Crippen LogP contribution < -0.4 is 26.3 Å². The molecule has 0 aliphatic rings. The summed E-state index contributed by atoms with van der Waals surface area (Å²) in [6, 6.07) is 16.6. The predicted molar refractivity (Wildman–Crippen MR) is 92.2 cm³/mol. The van der Waals surface area contributed by atoms with Crippen molar-refractivity contribution in [2.75, 3.05) is 7.11 Å². The number of rotatable bonds is 5. The lowest BCUT2D eigenvalue weighted by molar-refractivity contribution is -0.686. The van der Waals surface area contributed by atoms with Crippen molar-refractivity contribution >= 4 is 17.4 Å². The van der Waals surface area contributed by atoms with E-state index >= 15 is 0 Å². The van der Waals surface area contributed by atoms with E-state index in [4.69, 9.17) is 16.3 Å². The van der Waals surface area contributed by atoms with Gasteiger partial charge in [0, 0.05) is 11.6 Å². The van der Waals surface area contributed by atoms with E-state index < -0.39 is 0 Å². The minimum Gasteiger partial charge on any atom is -1.00 e. The quantitative estimate of drug-likeness (QED) is 0.449. The fraction of sp³-hybridized carbons (Fsp3) is 0.105. The SMILES string of the molecule is COc1ccccc1C(=O)C[n+]1ccc(-c2ccccc2Cl)nc1.[Br-]. The Labute approximate surface area is 161 Å². The van der Waals surface area contributed by atoms with E-state index in [1.54, 1.807) is 30.1 Å². The number of nitrogens with zero attached hydrogens (tertiary/aromatic N) is 2. The molecule has 6 heteroatoms. The number of Topliss-reactive ketones (excluding diaryl/α,β-unsaturated/α-hetero) is 1. The van der Waals surface area contributed by atoms with E-state index in [9.17, 15) is 4.79 Å². The van der Waals surface area contributed by atoms with Crippen molar-refractivity contribution in [3.63, 3.8) is 0 Å². The number of hydrogen-bond donors (Lipinski definition) is 0. The van der Waals surface area contributed by atoms with Crippen LogP contribution in [0.3, 0.4) is 0 Å². The Balaban J connectivity index is 0.00000225. The van der Waals surface area contributed by atoms with Crippen LogP contribution in [0, 0.1) is 0 Å². The van der Waals surface area contributed by atoms with Gasteiger partial charge in [-0.3, -0.25) is 4.79 Å². The summed E-state index contributed by atoms with van der Waals surface area (Å²) >= 11 is 6.18. The van der Waals surface area contributed by atoms with Crippen molar-refractivity contribution in [3.05, 3.63) is 77.7 Å². The molecule has 3 rings (SSSR count). The number of ketones is 1. The normalized spacial score (nSPS) is 10.0. The summed E-state index contributed by atoms with van der Waals surface area (Å²) in [5, 5.41) is 0.646. The number of hydrogen-bond acceptors (Lipinski definition) is 3. The molecule has 4 nitrogen and oxygen atoms in total. The molecule has 0 fully saturated rings. The molecule has 0 unspecified atom stereocenters. The molecule has 0 aliphatic heterocycles. The molecule has 25 heavy (non-hydrogen) atoms. The molecule has 0 radical (unpaired) electrons. The lowest BCUT2D eigenvalue weighted by atomic mass is 10.1. The van der Waals surface area contributed by atoms with Gasteiger partial charge >= 0.3 is 0 Å². The van der Waals surface area contributed by atoms with Crippen LogP contribution >= 0.6 is 11.6 Å². The van der Waals surface area contributed by atoms with Gasteiger partial charge in [0.15, 0.2) is 12.2 Å². The standard InChI is InChI=1S/C19H16ClN2O2.BrH/c1-24-19-9-5-3-7-15(19)18(23)12-22-11-10-17(21-13-22)14-6-2-4-8-16(14)20;/h2-11,13H,12H2,1H3;1H/q+1;/p-1. The van der Waals surface area contributed by atoms with Gasteiger partial charge in [0.05, 0.1) is 23.9 Å². The molecule has 3 aromatic rings. The first-order valence-electron chi connectivity index (χ1n) is 7.45. The summed E-state index contributed by atoms with van der Waals surface area (Å²) in [7, 11) is 1.55. The highest BCUT2D eigenvalue weighted by molar-refractivity contribution is 6.33. The highest BCUT2D eigenvalue weighted by Crippen LogP contribution is 2.24. The van der Waals surface area contributed by atoms with Gasteiger partial charge in [-0.15, -0.1) is 0 Å². The number of aromatic nitrogens is 2. The number of halogens is 2. The van der Waals surface area contributed by atoms with Gasteiger partial charge in [0.1, 0.15) is 5.75 Å². The fourth-order valence-corrected chi connectivity index (χ4v) is 2.66. The second kappa shape index (κ2) is 8.74. The topological polar surface area (TPSA) is 43.1 Å². The highest BCUT2D eigenvalue weighted by atomic mass is 79.9. The first-order chi connectivity index (χ1) is 11.7. The summed E-state index contributed by atoms with van der Waals surface area (Å²) in [5.74, 6) is 0.536. The summed E-state index contributed by atoms with van der Waals surface area (Å²) in [6.07, 6.45) is 3.45. The van der Waals surface area contributed by atoms with Crippen molar-refractivity contribution in [2.45, 2.75) is 6.54 Å². The highest BCUT2D eigenvalue weighted by Gasteiger charge is 2.15. The summed E-state index contributed by atoms with van der Waals surface area (Å²) in [5.41, 5.74) is 2.19. The Morgan fingerprint density at radius 2 is 1.84 bits per heavy atom. The van der Waals surface area contributed by atoms with E-state index in [2.05, 4.69) is 4.98 Å². The largest absolute Gasteiger partial charge is 1.00 e. The molecule has 128 valence electrons. The third-order valence-electron chi connectivity index (χ3n) is 3.65. The molecule has 0 N–H and O–H groups in total. The molecule has 0 aliphatic carbocycles. The predicted octanol–water partition coefficient (Wildman–Crippen LogP) is 0.585. The molecule has 0 saturated heterocycles. The third-order valence-corrected chi connectivity index (χ3v) is 3.98. The Hall–Kier alpha value is -2.24. The van der Waals surface area contributed by atoms with Crippen LogP contribution in [0.25, 0.3) is 11.3 Å². The van der Waals surface area contributed by atoms with Gasteiger partial charge in [-0.05, 0) is 29.2 Å². The van der Waals surface area contributed by atoms with Crippen LogP contribution in [-0.2, 0) is 6.54 Å². The van der Waals surface area contributed by atoms with E-state index in [0.29, 0.717) is 16.3 Å². The summed E-state index contributed by atoms with van der Waals surface area (Å²) < 4.78 is 6.97. The monoisotopic (exact) mass is 418 g/mol. The Morgan fingerprint density at radius 3 is 2.52 bits per heavy atom. The number of carbonyl (C=O) groups excluding carboxylic acids is 1. The molecule has 0 bridgehead atoms. The molecule has 0 amide bonds. The van der Waals surface area contributed by atoms with Crippen molar-refractivity contribution < 1.29 is 31.1 Å². The average molecular weight is 420 g/mol. The smallest absolute Gasteiger partial charge is 0.287 e. The Bertz CT molecular complexity index is 869. The molecule has 2 aromatic carbocycles. The van der Waals surface area contributed by atoms with Gasteiger partial charge in [0.25, 0.3) is 6.33 Å². The molecule has 1 aromatic heterocycles. The first-order valence-corrected chi connectivity index (χ1v) is 7.83. The van der Waals surface area contributed by atoms with Crippen LogP contribution in [0.4, 0.5) is 0 Å². The number of benzene rings is 2. The molecular weight excluding hydrogens is 404 g/mol. The van der Waals surface area contributed by atoms with Crippen molar-refractivity contribution in [1.29, 1.82) is 0 Å². The van der Waals surface area contributed by atoms with Gasteiger partial charge in [0.2, 0.25) is 5.78 Å². The molecule has 0 atom stereocenters. The zero-order valence-corrected chi connectivity index (χ0v) is 15.9. The zero-order chi connectivity index (χ0) is 16.9. The number of methoxy groups -OCH3 is 1. The van der Waals surface area contributed by atoms with Crippen LogP contribution in [0.1, 0.15) is 10.4 Å².